The molecule has 1 fully saturated rings. The third kappa shape index (κ3) is 4.67. The van der Waals surface area contributed by atoms with E-state index in [2.05, 4.69) is 55.1 Å². The van der Waals surface area contributed by atoms with Crippen LogP contribution in [-0.4, -0.2) is 38.7 Å². The zero-order valence-corrected chi connectivity index (χ0v) is 15.8. The van der Waals surface area contributed by atoms with Crippen molar-refractivity contribution in [3.05, 3.63) is 0 Å². The highest BCUT2D eigenvalue weighted by Gasteiger charge is 2.48. The van der Waals surface area contributed by atoms with Crippen molar-refractivity contribution in [2.75, 3.05) is 11.9 Å². The molecule has 0 bridgehead atoms. The van der Waals surface area contributed by atoms with Gasteiger partial charge in [0.2, 0.25) is 5.91 Å². The van der Waals surface area contributed by atoms with E-state index in [0.717, 1.165) is 0 Å². The molecule has 0 aromatic carbocycles. The van der Waals surface area contributed by atoms with Gasteiger partial charge in [0.25, 0.3) is 0 Å². The molecule has 0 saturated carbocycles. The number of carbonyl (C=O) groups is 2. The monoisotopic (exact) mass is 363 g/mol. The van der Waals surface area contributed by atoms with Crippen LogP contribution in [0.25, 0.3) is 0 Å². The third-order valence-corrected chi connectivity index (χ3v) is 5.30. The van der Waals surface area contributed by atoms with Gasteiger partial charge < -0.3 is 9.74 Å². The summed E-state index contributed by atoms with van der Waals surface area (Å²) in [6, 6.07) is -0.0331. The molecule has 4 nitrogen and oxygen atoms in total. The summed E-state index contributed by atoms with van der Waals surface area (Å²) in [5.41, 5.74) is -0.0125. The van der Waals surface area contributed by atoms with Gasteiger partial charge in [0, 0.05) is 19.1 Å². The third-order valence-electron chi connectivity index (χ3n) is 3.82. The molecule has 0 unspecified atom stereocenters. The Labute approximate surface area is 131 Å². The van der Waals surface area contributed by atoms with Crippen molar-refractivity contribution in [1.29, 1.82) is 0 Å². The predicted octanol–water partition coefficient (Wildman–Crippen LogP) is 2.12. The van der Waals surface area contributed by atoms with Crippen LogP contribution in [-0.2, 0) is 14.0 Å². The summed E-state index contributed by atoms with van der Waals surface area (Å²) in [4.78, 5) is 23.5. The summed E-state index contributed by atoms with van der Waals surface area (Å²) in [5, 5.41) is 3.22. The maximum atomic E-state index is 12.0. The van der Waals surface area contributed by atoms with Gasteiger partial charge in [0.05, 0.1) is 11.2 Å². The van der Waals surface area contributed by atoms with E-state index < -0.39 is 9.04 Å². The second-order valence-corrected chi connectivity index (χ2v) is 9.86. The Morgan fingerprint density at radius 2 is 2.05 bits per heavy atom. The second kappa shape index (κ2) is 7.18. The lowest BCUT2D eigenvalue weighted by molar-refractivity contribution is -0.143. The van der Waals surface area contributed by atoms with Gasteiger partial charge in [-0.15, -0.1) is 0 Å². The van der Waals surface area contributed by atoms with Crippen LogP contribution in [0.2, 0.25) is 13.1 Å². The Morgan fingerprint density at radius 1 is 1.45 bits per heavy atom. The van der Waals surface area contributed by atoms with Gasteiger partial charge in [-0.3, -0.25) is 9.59 Å². The van der Waals surface area contributed by atoms with Crippen molar-refractivity contribution in [3.63, 3.8) is 0 Å². The molecule has 0 aromatic heterocycles. The fourth-order valence-electron chi connectivity index (χ4n) is 2.58. The number of nitrogens with one attached hydrogen (secondary N) is 1. The van der Waals surface area contributed by atoms with Crippen molar-refractivity contribution < 1.29 is 14.0 Å². The van der Waals surface area contributed by atoms with Crippen molar-refractivity contribution >= 4 is 36.7 Å². The Kier molecular flexibility index (Phi) is 6.41. The normalized spacial score (nSPS) is 24.2. The highest BCUT2D eigenvalue weighted by Crippen LogP contribution is 2.38. The van der Waals surface area contributed by atoms with Crippen molar-refractivity contribution in [2.24, 2.45) is 17.3 Å². The number of amides is 1. The number of rotatable bonds is 7. The standard InChI is InChI=1S/C14H26BrNO3Si/c1-14(2,3)10(8-19-20(4)5)12-11(16-13(12)18)6-9(17)7-15/h10-12,20H,6-8H2,1-5H3,(H,16,18)/t10-,11-,12+/m1/s1. The minimum atomic E-state index is -1.11. The summed E-state index contributed by atoms with van der Waals surface area (Å²) in [5.74, 6) is 0.239. The molecule has 1 aliphatic rings. The number of alkyl halides is 1. The van der Waals surface area contributed by atoms with Crippen LogP contribution in [0.5, 0.6) is 0 Å². The van der Waals surface area contributed by atoms with Crippen molar-refractivity contribution in [3.8, 4) is 0 Å². The fourth-order valence-corrected chi connectivity index (χ4v) is 3.41. The molecular weight excluding hydrogens is 338 g/mol. The lowest BCUT2D eigenvalue weighted by Crippen LogP contribution is -2.63. The Hall–Kier alpha value is -0.203. The SMILES string of the molecule is C[SiH](C)OC[C@H]([C@@H]1C(=O)N[C@@H]1CC(=O)CBr)C(C)(C)C. The first-order chi connectivity index (χ1) is 9.16. The first kappa shape index (κ1) is 17.8. The Morgan fingerprint density at radius 3 is 2.45 bits per heavy atom. The summed E-state index contributed by atoms with van der Waals surface area (Å²) in [7, 11) is -1.11. The molecule has 116 valence electrons. The van der Waals surface area contributed by atoms with E-state index in [9.17, 15) is 9.59 Å². The lowest BCUT2D eigenvalue weighted by Gasteiger charge is -2.46. The molecule has 20 heavy (non-hydrogen) atoms. The first-order valence-corrected chi connectivity index (χ1v) is 11.1. The molecule has 1 saturated heterocycles. The minimum Gasteiger partial charge on any atom is -0.420 e. The van der Waals surface area contributed by atoms with Crippen LogP contribution >= 0.6 is 15.9 Å². The Balaban J connectivity index is 2.77. The number of hydrogen-bond donors (Lipinski definition) is 1. The summed E-state index contributed by atoms with van der Waals surface area (Å²) >= 11 is 3.18. The molecule has 1 N–H and O–H groups in total. The highest BCUT2D eigenvalue weighted by atomic mass is 79.9. The van der Waals surface area contributed by atoms with Gasteiger partial charge in [-0.1, -0.05) is 36.7 Å². The van der Waals surface area contributed by atoms with E-state index in [1.54, 1.807) is 0 Å². The number of hydrogen-bond acceptors (Lipinski definition) is 3. The zero-order chi connectivity index (χ0) is 15.5. The average Bonchev–Trinajstić information content (AvgIpc) is 2.31. The molecule has 3 atom stereocenters. The minimum absolute atomic E-state index is 0.0125. The van der Waals surface area contributed by atoms with Gasteiger partial charge >= 0.3 is 0 Å². The summed E-state index contributed by atoms with van der Waals surface area (Å²) in [6.45, 7) is 11.3. The number of Topliss-reactive ketones (excluding diaryl/α,β-unsaturated/α-hetero) is 1. The molecule has 1 amide bonds. The first-order valence-electron chi connectivity index (χ1n) is 7.16. The number of ketones is 1. The largest absolute Gasteiger partial charge is 0.420 e. The molecular formula is C14H26BrNO3Si. The van der Waals surface area contributed by atoms with Crippen LogP contribution in [0.1, 0.15) is 27.2 Å². The quantitative estimate of drug-likeness (QED) is 0.428. The van der Waals surface area contributed by atoms with E-state index in [0.29, 0.717) is 18.4 Å². The van der Waals surface area contributed by atoms with Gasteiger partial charge in [0.1, 0.15) is 5.78 Å². The second-order valence-electron chi connectivity index (χ2n) is 6.87. The number of carbonyl (C=O) groups excluding carboxylic acids is 2. The average molecular weight is 364 g/mol. The van der Waals surface area contributed by atoms with E-state index in [-0.39, 0.29) is 35.0 Å². The molecule has 0 radical (unpaired) electrons. The molecule has 0 spiro atoms. The van der Waals surface area contributed by atoms with Crippen LogP contribution in [0.15, 0.2) is 0 Å². The Bertz CT molecular complexity index is 368. The number of halogens is 1. The van der Waals surface area contributed by atoms with Crippen LogP contribution in [0, 0.1) is 17.3 Å². The van der Waals surface area contributed by atoms with Crippen molar-refractivity contribution in [1.82, 2.24) is 5.32 Å². The maximum Gasteiger partial charge on any atom is 0.225 e. The van der Waals surface area contributed by atoms with E-state index in [4.69, 9.17) is 4.43 Å². The molecule has 0 aliphatic carbocycles. The fraction of sp³-hybridized carbons (Fsp3) is 0.857. The van der Waals surface area contributed by atoms with E-state index in [1.165, 1.54) is 0 Å². The van der Waals surface area contributed by atoms with Gasteiger partial charge in [-0.2, -0.15) is 0 Å². The van der Waals surface area contributed by atoms with Crippen LogP contribution in [0.3, 0.4) is 0 Å². The molecule has 6 heteroatoms. The van der Waals surface area contributed by atoms with Gasteiger partial charge in [-0.05, 0) is 24.4 Å². The van der Waals surface area contributed by atoms with Gasteiger partial charge in [-0.25, -0.2) is 0 Å². The predicted molar refractivity (Wildman–Crippen MR) is 86.6 cm³/mol. The summed E-state index contributed by atoms with van der Waals surface area (Å²) < 4.78 is 5.88. The van der Waals surface area contributed by atoms with E-state index >= 15 is 0 Å². The molecule has 1 rings (SSSR count). The van der Waals surface area contributed by atoms with Crippen LogP contribution < -0.4 is 5.32 Å². The molecule has 1 heterocycles. The number of β-lactam (4-membered cyclic amide) rings is 1. The zero-order valence-electron chi connectivity index (χ0n) is 13.0. The smallest absolute Gasteiger partial charge is 0.225 e. The topological polar surface area (TPSA) is 55.4 Å². The molecule has 1 aliphatic heterocycles. The van der Waals surface area contributed by atoms with Gasteiger partial charge in [0.15, 0.2) is 9.04 Å². The van der Waals surface area contributed by atoms with Crippen LogP contribution in [0.4, 0.5) is 0 Å². The highest BCUT2D eigenvalue weighted by molar-refractivity contribution is 9.09. The lowest BCUT2D eigenvalue weighted by atomic mass is 9.67. The van der Waals surface area contributed by atoms with Crippen molar-refractivity contribution in [2.45, 2.75) is 46.3 Å². The molecule has 0 aromatic rings. The van der Waals surface area contributed by atoms with E-state index in [1.807, 2.05) is 0 Å². The summed E-state index contributed by atoms with van der Waals surface area (Å²) in [6.07, 6.45) is 0.410. The maximum absolute atomic E-state index is 12.0.